The summed E-state index contributed by atoms with van der Waals surface area (Å²) in [6, 6.07) is 8.29. The van der Waals surface area contributed by atoms with Crippen molar-refractivity contribution in [2.24, 2.45) is 5.92 Å². The van der Waals surface area contributed by atoms with Crippen LogP contribution in [-0.4, -0.2) is 58.8 Å². The number of aliphatic hydroxyl groups is 1. The standard InChI is InChI=1S/C21H24N6O3/c28-12-16(13-4-5-13)24-20(29)15-6-7-17-19(23-15)27(14-8-10-26(17)11-14)21(30)25-18-3-1-2-9-22-18/h1-3,6-7,9,13-14,16,28H,4-5,8,10-12H2,(H,24,29)(H,22,25,30)/t14-,16?/m0/s1. The number of hydrogen-bond donors (Lipinski definition) is 3. The normalized spacial score (nSPS) is 20.5. The second-order valence-corrected chi connectivity index (χ2v) is 8.04. The lowest BCUT2D eigenvalue weighted by atomic mass is 10.1. The number of urea groups is 1. The molecule has 3 amide bonds. The quantitative estimate of drug-likeness (QED) is 0.693. The van der Waals surface area contributed by atoms with Gasteiger partial charge in [0, 0.05) is 19.3 Å². The van der Waals surface area contributed by atoms with Crippen molar-refractivity contribution in [2.45, 2.75) is 31.3 Å². The molecule has 9 heteroatoms. The maximum absolute atomic E-state index is 13.1. The predicted octanol–water partition coefficient (Wildman–Crippen LogP) is 1.61. The largest absolute Gasteiger partial charge is 0.394 e. The van der Waals surface area contributed by atoms with Gasteiger partial charge in [-0.05, 0) is 49.4 Å². The van der Waals surface area contributed by atoms with E-state index in [0.717, 1.165) is 38.0 Å². The Morgan fingerprint density at radius 1 is 1.20 bits per heavy atom. The van der Waals surface area contributed by atoms with Gasteiger partial charge in [-0.3, -0.25) is 15.0 Å². The van der Waals surface area contributed by atoms with Crippen LogP contribution in [0.3, 0.4) is 0 Å². The van der Waals surface area contributed by atoms with Gasteiger partial charge in [-0.25, -0.2) is 14.8 Å². The molecule has 3 aliphatic rings. The third kappa shape index (κ3) is 3.45. The van der Waals surface area contributed by atoms with E-state index in [1.807, 2.05) is 12.1 Å². The van der Waals surface area contributed by atoms with Gasteiger partial charge in [0.1, 0.15) is 11.5 Å². The topological polar surface area (TPSA) is 111 Å². The smallest absolute Gasteiger partial charge is 0.329 e. The van der Waals surface area contributed by atoms with Gasteiger partial charge in [-0.1, -0.05) is 6.07 Å². The summed E-state index contributed by atoms with van der Waals surface area (Å²) in [5.41, 5.74) is 1.09. The van der Waals surface area contributed by atoms with E-state index in [9.17, 15) is 14.7 Å². The second-order valence-electron chi connectivity index (χ2n) is 8.04. The van der Waals surface area contributed by atoms with Crippen molar-refractivity contribution in [2.75, 3.05) is 34.8 Å². The molecule has 2 atom stereocenters. The number of hydrogen-bond acceptors (Lipinski definition) is 6. The van der Waals surface area contributed by atoms with Crippen LogP contribution in [0, 0.1) is 5.92 Å². The summed E-state index contributed by atoms with van der Waals surface area (Å²) in [5, 5.41) is 15.3. The van der Waals surface area contributed by atoms with Gasteiger partial charge in [0.05, 0.1) is 24.4 Å². The number of rotatable bonds is 5. The minimum Gasteiger partial charge on any atom is -0.394 e. The number of aromatic nitrogens is 2. The summed E-state index contributed by atoms with van der Waals surface area (Å²) in [5.74, 6) is 0.950. The molecular formula is C21H24N6O3. The van der Waals surface area contributed by atoms with Crippen LogP contribution in [0.15, 0.2) is 36.5 Å². The second kappa shape index (κ2) is 7.56. The SMILES string of the molecule is O=C(NC(CO)C1CC1)c1ccc2c(n1)N(C(=O)Nc1ccccn1)[C@H]1CCN2C1. The molecule has 2 fully saturated rings. The van der Waals surface area contributed by atoms with Crippen LogP contribution in [0.25, 0.3) is 0 Å². The van der Waals surface area contributed by atoms with Gasteiger partial charge in [-0.2, -0.15) is 0 Å². The lowest BCUT2D eigenvalue weighted by Gasteiger charge is -2.35. The van der Waals surface area contributed by atoms with Crippen molar-refractivity contribution in [1.82, 2.24) is 15.3 Å². The highest BCUT2D eigenvalue weighted by Crippen LogP contribution is 2.39. The Labute approximate surface area is 174 Å². The molecule has 3 N–H and O–H groups in total. The third-order valence-electron chi connectivity index (χ3n) is 6.01. The fourth-order valence-corrected chi connectivity index (χ4v) is 4.26. The number of nitrogens with zero attached hydrogens (tertiary/aromatic N) is 4. The number of anilines is 3. The molecule has 1 saturated carbocycles. The zero-order chi connectivity index (χ0) is 20.7. The molecule has 2 bridgehead atoms. The van der Waals surface area contributed by atoms with Crippen molar-refractivity contribution in [3.05, 3.63) is 42.2 Å². The number of fused-ring (bicyclic) bond motifs is 4. The summed E-state index contributed by atoms with van der Waals surface area (Å²) in [7, 11) is 0. The fourth-order valence-electron chi connectivity index (χ4n) is 4.26. The van der Waals surface area contributed by atoms with E-state index in [-0.39, 0.29) is 36.3 Å². The average molecular weight is 408 g/mol. The number of carbonyl (C=O) groups excluding carboxylic acids is 2. The zero-order valence-electron chi connectivity index (χ0n) is 16.5. The highest BCUT2D eigenvalue weighted by atomic mass is 16.3. The zero-order valence-corrected chi connectivity index (χ0v) is 16.5. The molecule has 0 radical (unpaired) electrons. The van der Waals surface area contributed by atoms with Crippen molar-refractivity contribution in [3.63, 3.8) is 0 Å². The van der Waals surface area contributed by atoms with Crippen LogP contribution in [0.2, 0.25) is 0 Å². The minimum absolute atomic E-state index is 0.0105. The summed E-state index contributed by atoms with van der Waals surface area (Å²) >= 11 is 0. The summed E-state index contributed by atoms with van der Waals surface area (Å²) in [4.78, 5) is 38.4. The molecule has 9 nitrogen and oxygen atoms in total. The fraction of sp³-hybridized carbons (Fsp3) is 0.429. The van der Waals surface area contributed by atoms with E-state index < -0.39 is 0 Å². The molecule has 2 aliphatic heterocycles. The van der Waals surface area contributed by atoms with Crippen LogP contribution in [0.4, 0.5) is 22.1 Å². The number of aliphatic hydroxyl groups excluding tert-OH is 1. The summed E-state index contributed by atoms with van der Waals surface area (Å²) in [6.07, 6.45) is 4.49. The molecule has 0 spiro atoms. The van der Waals surface area contributed by atoms with Gasteiger partial charge < -0.3 is 15.3 Å². The first-order chi connectivity index (χ1) is 14.6. The van der Waals surface area contributed by atoms with Crippen LogP contribution >= 0.6 is 0 Å². The van der Waals surface area contributed by atoms with Crippen molar-refractivity contribution in [3.8, 4) is 0 Å². The molecule has 4 heterocycles. The van der Waals surface area contributed by atoms with E-state index in [2.05, 4.69) is 25.5 Å². The van der Waals surface area contributed by atoms with Crippen molar-refractivity contribution >= 4 is 29.3 Å². The lowest BCUT2D eigenvalue weighted by Crippen LogP contribution is -2.48. The highest BCUT2D eigenvalue weighted by molar-refractivity contribution is 6.05. The van der Waals surface area contributed by atoms with E-state index in [1.165, 1.54) is 0 Å². The first-order valence-corrected chi connectivity index (χ1v) is 10.3. The number of nitrogens with one attached hydrogen (secondary N) is 2. The molecule has 5 rings (SSSR count). The van der Waals surface area contributed by atoms with E-state index in [0.29, 0.717) is 17.6 Å². The van der Waals surface area contributed by atoms with Crippen molar-refractivity contribution < 1.29 is 14.7 Å². The Balaban J connectivity index is 1.42. The number of carbonyl (C=O) groups is 2. The summed E-state index contributed by atoms with van der Waals surface area (Å²) in [6.45, 7) is 1.49. The predicted molar refractivity (Wildman–Crippen MR) is 112 cm³/mol. The van der Waals surface area contributed by atoms with E-state index in [1.54, 1.807) is 29.3 Å². The highest BCUT2D eigenvalue weighted by Gasteiger charge is 2.41. The van der Waals surface area contributed by atoms with Crippen molar-refractivity contribution in [1.29, 1.82) is 0 Å². The molecule has 156 valence electrons. The molecular weight excluding hydrogens is 384 g/mol. The maximum Gasteiger partial charge on any atom is 0.329 e. The van der Waals surface area contributed by atoms with E-state index >= 15 is 0 Å². The Hall–Kier alpha value is -3.20. The third-order valence-corrected chi connectivity index (χ3v) is 6.01. The first-order valence-electron chi connectivity index (χ1n) is 10.3. The Morgan fingerprint density at radius 2 is 2.07 bits per heavy atom. The lowest BCUT2D eigenvalue weighted by molar-refractivity contribution is 0.0903. The van der Waals surface area contributed by atoms with Gasteiger partial charge in [0.25, 0.3) is 5.91 Å². The Bertz CT molecular complexity index is 964. The molecule has 30 heavy (non-hydrogen) atoms. The number of amides is 3. The molecule has 1 saturated heterocycles. The molecule has 1 aliphatic carbocycles. The van der Waals surface area contributed by atoms with E-state index in [4.69, 9.17) is 0 Å². The van der Waals surface area contributed by atoms with Crippen LogP contribution in [0.5, 0.6) is 0 Å². The Kier molecular flexibility index (Phi) is 4.74. The average Bonchev–Trinajstić information content (AvgIpc) is 3.53. The number of pyridine rings is 2. The molecule has 2 aromatic heterocycles. The maximum atomic E-state index is 13.1. The van der Waals surface area contributed by atoms with Crippen LogP contribution in [0.1, 0.15) is 29.8 Å². The van der Waals surface area contributed by atoms with Gasteiger partial charge >= 0.3 is 6.03 Å². The molecule has 2 aromatic rings. The minimum atomic E-state index is -0.332. The monoisotopic (exact) mass is 408 g/mol. The van der Waals surface area contributed by atoms with Gasteiger partial charge in [-0.15, -0.1) is 0 Å². The van der Waals surface area contributed by atoms with Gasteiger partial charge in [0.2, 0.25) is 0 Å². The van der Waals surface area contributed by atoms with Crippen LogP contribution in [-0.2, 0) is 0 Å². The molecule has 0 aromatic carbocycles. The summed E-state index contributed by atoms with van der Waals surface area (Å²) < 4.78 is 0. The molecule has 1 unspecified atom stereocenters. The van der Waals surface area contributed by atoms with Gasteiger partial charge in [0.15, 0.2) is 5.82 Å². The van der Waals surface area contributed by atoms with Crippen LogP contribution < -0.4 is 20.4 Å². The first kappa shape index (κ1) is 18.8. The Morgan fingerprint density at radius 3 is 2.80 bits per heavy atom.